The maximum atomic E-state index is 12.3. The molecule has 0 aliphatic heterocycles. The molecule has 1 amide bonds. The van der Waals surface area contributed by atoms with Gasteiger partial charge in [0.15, 0.2) is 5.96 Å². The van der Waals surface area contributed by atoms with Crippen LogP contribution in [0.5, 0.6) is 0 Å². The summed E-state index contributed by atoms with van der Waals surface area (Å²) in [6.45, 7) is 0.664. The number of fused-ring (bicyclic) bond motifs is 3. The van der Waals surface area contributed by atoms with Crippen LogP contribution in [-0.4, -0.2) is 61.3 Å². The normalized spacial score (nSPS) is 13.4. The SMILES string of the molecule is CN=C(N)N(C)CCC[C@H](NC(=O)OCC1c2ccccc2-c2ccccc21)C(=O)O.Cl. The molecule has 0 saturated heterocycles. The Morgan fingerprint density at radius 1 is 1.16 bits per heavy atom. The van der Waals surface area contributed by atoms with Crippen molar-refractivity contribution in [3.05, 3.63) is 59.7 Å². The number of amides is 1. The van der Waals surface area contributed by atoms with E-state index < -0.39 is 18.1 Å². The van der Waals surface area contributed by atoms with Crippen molar-refractivity contribution in [2.24, 2.45) is 10.7 Å². The van der Waals surface area contributed by atoms with E-state index in [-0.39, 0.29) is 31.4 Å². The number of aliphatic imine (C=N–C) groups is 1. The van der Waals surface area contributed by atoms with Crippen molar-refractivity contribution in [1.82, 2.24) is 10.2 Å². The van der Waals surface area contributed by atoms with Gasteiger partial charge in [0.25, 0.3) is 0 Å². The second kappa shape index (κ2) is 11.4. The molecule has 0 heterocycles. The minimum absolute atomic E-state index is 0. The van der Waals surface area contributed by atoms with Crippen LogP contribution >= 0.6 is 12.4 Å². The Bertz CT molecular complexity index is 936. The zero-order chi connectivity index (χ0) is 22.4. The van der Waals surface area contributed by atoms with Gasteiger partial charge in [0.05, 0.1) is 0 Å². The van der Waals surface area contributed by atoms with Crippen LogP contribution in [0.4, 0.5) is 4.79 Å². The lowest BCUT2D eigenvalue weighted by atomic mass is 9.98. The van der Waals surface area contributed by atoms with Gasteiger partial charge in [0.1, 0.15) is 12.6 Å². The third-order valence-corrected chi connectivity index (χ3v) is 5.54. The number of halogens is 1. The molecule has 4 N–H and O–H groups in total. The zero-order valence-corrected chi connectivity index (χ0v) is 19.0. The minimum atomic E-state index is -1.10. The zero-order valence-electron chi connectivity index (χ0n) is 18.2. The van der Waals surface area contributed by atoms with Crippen LogP contribution in [0.15, 0.2) is 53.5 Å². The number of carboxylic acids is 1. The molecule has 32 heavy (non-hydrogen) atoms. The molecule has 2 aromatic carbocycles. The molecule has 0 fully saturated rings. The summed E-state index contributed by atoms with van der Waals surface area (Å²) in [4.78, 5) is 29.5. The predicted octanol–water partition coefficient (Wildman–Crippen LogP) is 3.06. The first kappa shape index (κ1) is 25.0. The molecule has 0 aromatic heterocycles. The van der Waals surface area contributed by atoms with Gasteiger partial charge in [0.2, 0.25) is 0 Å². The Balaban J connectivity index is 0.00000363. The summed E-state index contributed by atoms with van der Waals surface area (Å²) in [7, 11) is 3.36. The van der Waals surface area contributed by atoms with E-state index in [1.165, 1.54) is 0 Å². The predicted molar refractivity (Wildman–Crippen MR) is 126 cm³/mol. The van der Waals surface area contributed by atoms with Crippen LogP contribution < -0.4 is 11.1 Å². The summed E-state index contributed by atoms with van der Waals surface area (Å²) in [5, 5.41) is 11.9. The number of carbonyl (C=O) groups excluding carboxylic acids is 1. The lowest BCUT2D eigenvalue weighted by Crippen LogP contribution is -2.42. The van der Waals surface area contributed by atoms with E-state index in [1.54, 1.807) is 19.0 Å². The number of nitrogens with zero attached hydrogens (tertiary/aromatic N) is 2. The fraction of sp³-hybridized carbons (Fsp3) is 0.348. The van der Waals surface area contributed by atoms with Crippen LogP contribution in [0, 0.1) is 0 Å². The molecule has 172 valence electrons. The van der Waals surface area contributed by atoms with Gasteiger partial charge in [-0.05, 0) is 35.1 Å². The maximum Gasteiger partial charge on any atom is 0.407 e. The Morgan fingerprint density at radius 2 is 1.72 bits per heavy atom. The van der Waals surface area contributed by atoms with Gasteiger partial charge in [0, 0.05) is 26.6 Å². The quantitative estimate of drug-likeness (QED) is 0.411. The largest absolute Gasteiger partial charge is 0.480 e. The van der Waals surface area contributed by atoms with Crippen molar-refractivity contribution in [3.8, 4) is 11.1 Å². The van der Waals surface area contributed by atoms with E-state index in [4.69, 9.17) is 10.5 Å². The Hall–Kier alpha value is -3.26. The summed E-state index contributed by atoms with van der Waals surface area (Å²) >= 11 is 0. The summed E-state index contributed by atoms with van der Waals surface area (Å²) in [6.07, 6.45) is 0.0334. The van der Waals surface area contributed by atoms with Crippen LogP contribution in [0.25, 0.3) is 11.1 Å². The fourth-order valence-corrected chi connectivity index (χ4v) is 3.86. The average molecular weight is 461 g/mol. The Morgan fingerprint density at radius 3 is 2.25 bits per heavy atom. The van der Waals surface area contributed by atoms with Gasteiger partial charge >= 0.3 is 12.1 Å². The molecule has 1 aliphatic carbocycles. The molecule has 0 saturated carbocycles. The molecule has 0 spiro atoms. The monoisotopic (exact) mass is 460 g/mol. The van der Waals surface area contributed by atoms with E-state index in [0.717, 1.165) is 22.3 Å². The minimum Gasteiger partial charge on any atom is -0.480 e. The van der Waals surface area contributed by atoms with E-state index in [9.17, 15) is 14.7 Å². The Kier molecular flexibility index (Phi) is 8.90. The number of hydrogen-bond acceptors (Lipinski definition) is 4. The molecule has 3 rings (SSSR count). The number of alkyl carbamates (subject to hydrolysis) is 1. The standard InChI is InChI=1S/C23H28N4O4.ClH/c1-25-22(24)27(2)13-7-12-20(21(28)29)26-23(30)31-14-19-17-10-5-3-8-15(17)16-9-4-6-11-18(16)19;/h3-6,8-11,19-20H,7,12-14H2,1-2H3,(H2,24,25)(H,26,30)(H,28,29);1H/t20-;/m0./s1. The average Bonchev–Trinajstić information content (AvgIpc) is 3.10. The van der Waals surface area contributed by atoms with Gasteiger partial charge in [-0.2, -0.15) is 0 Å². The van der Waals surface area contributed by atoms with Crippen LogP contribution in [0.1, 0.15) is 29.9 Å². The second-order valence-electron chi connectivity index (χ2n) is 7.51. The number of rotatable bonds is 8. The van der Waals surface area contributed by atoms with Gasteiger partial charge in [-0.15, -0.1) is 12.4 Å². The van der Waals surface area contributed by atoms with Crippen molar-refractivity contribution in [2.45, 2.75) is 24.8 Å². The topological polar surface area (TPSA) is 117 Å². The number of ether oxygens (including phenoxy) is 1. The summed E-state index contributed by atoms with van der Waals surface area (Å²) < 4.78 is 5.44. The third-order valence-electron chi connectivity index (χ3n) is 5.54. The van der Waals surface area contributed by atoms with Crippen LogP contribution in [0.2, 0.25) is 0 Å². The van der Waals surface area contributed by atoms with E-state index in [0.29, 0.717) is 18.9 Å². The van der Waals surface area contributed by atoms with Crippen molar-refractivity contribution in [2.75, 3.05) is 27.2 Å². The summed E-state index contributed by atoms with van der Waals surface area (Å²) in [5.41, 5.74) is 10.2. The van der Waals surface area contributed by atoms with Gasteiger partial charge < -0.3 is 25.8 Å². The first-order valence-corrected chi connectivity index (χ1v) is 10.2. The molecule has 0 radical (unpaired) electrons. The highest BCUT2D eigenvalue weighted by atomic mass is 35.5. The number of carbonyl (C=O) groups is 2. The number of carboxylic acid groups (broad SMARTS) is 1. The third kappa shape index (κ3) is 5.70. The first-order valence-electron chi connectivity index (χ1n) is 10.2. The number of guanidine groups is 1. The lowest BCUT2D eigenvalue weighted by molar-refractivity contribution is -0.139. The highest BCUT2D eigenvalue weighted by molar-refractivity contribution is 5.85. The van der Waals surface area contributed by atoms with Crippen molar-refractivity contribution in [1.29, 1.82) is 0 Å². The van der Waals surface area contributed by atoms with Crippen molar-refractivity contribution < 1.29 is 19.4 Å². The molecular weight excluding hydrogens is 432 g/mol. The van der Waals surface area contributed by atoms with Gasteiger partial charge in [-0.25, -0.2) is 9.59 Å². The van der Waals surface area contributed by atoms with Crippen LogP contribution in [0.3, 0.4) is 0 Å². The summed E-state index contributed by atoms with van der Waals surface area (Å²) in [5.74, 6) is -0.809. The number of hydrogen-bond donors (Lipinski definition) is 3. The van der Waals surface area contributed by atoms with Crippen molar-refractivity contribution >= 4 is 30.4 Å². The molecule has 8 nitrogen and oxygen atoms in total. The molecule has 2 aromatic rings. The fourth-order valence-electron chi connectivity index (χ4n) is 3.86. The molecule has 9 heteroatoms. The van der Waals surface area contributed by atoms with Crippen molar-refractivity contribution in [3.63, 3.8) is 0 Å². The molecule has 1 aliphatic rings. The van der Waals surface area contributed by atoms with Gasteiger partial charge in [-0.1, -0.05) is 48.5 Å². The maximum absolute atomic E-state index is 12.3. The number of nitrogens with one attached hydrogen (secondary N) is 1. The highest BCUT2D eigenvalue weighted by Crippen LogP contribution is 2.44. The Labute approximate surface area is 193 Å². The van der Waals surface area contributed by atoms with E-state index in [1.807, 2.05) is 36.4 Å². The number of aliphatic carboxylic acids is 1. The van der Waals surface area contributed by atoms with E-state index in [2.05, 4.69) is 22.4 Å². The van der Waals surface area contributed by atoms with Gasteiger partial charge in [-0.3, -0.25) is 4.99 Å². The molecule has 0 unspecified atom stereocenters. The molecular formula is C23H29ClN4O4. The summed E-state index contributed by atoms with van der Waals surface area (Å²) in [6, 6.07) is 15.0. The molecule has 1 atom stereocenters. The number of benzene rings is 2. The lowest BCUT2D eigenvalue weighted by Gasteiger charge is -2.20. The second-order valence-corrected chi connectivity index (χ2v) is 7.51. The highest BCUT2D eigenvalue weighted by Gasteiger charge is 2.29. The van der Waals surface area contributed by atoms with Crippen LogP contribution in [-0.2, 0) is 9.53 Å². The number of nitrogens with two attached hydrogens (primary N) is 1. The molecule has 0 bridgehead atoms. The van der Waals surface area contributed by atoms with E-state index >= 15 is 0 Å². The smallest absolute Gasteiger partial charge is 0.407 e. The first-order chi connectivity index (χ1) is 14.9.